The molecule has 0 fully saturated rings. The van der Waals surface area contributed by atoms with Crippen LogP contribution in [0.1, 0.15) is 11.1 Å². The highest BCUT2D eigenvalue weighted by molar-refractivity contribution is 5.91. The van der Waals surface area contributed by atoms with Crippen LogP contribution in [0.15, 0.2) is 67.0 Å². The van der Waals surface area contributed by atoms with E-state index in [1.807, 2.05) is 43.3 Å². The highest BCUT2D eigenvalue weighted by atomic mass is 16.5. The number of hydrogen-bond donors (Lipinski definition) is 1. The van der Waals surface area contributed by atoms with Crippen molar-refractivity contribution in [3.8, 4) is 5.75 Å². The molecule has 0 unspecified atom stereocenters. The van der Waals surface area contributed by atoms with E-state index in [-0.39, 0.29) is 5.91 Å². The Morgan fingerprint density at radius 1 is 1.16 bits per heavy atom. The summed E-state index contributed by atoms with van der Waals surface area (Å²) in [5, 5.41) is 5.03. The number of benzene rings is 2. The molecule has 0 radical (unpaired) electrons. The maximum absolute atomic E-state index is 11.9. The normalized spacial score (nSPS) is 10.9. The van der Waals surface area contributed by atoms with Crippen LogP contribution in [-0.2, 0) is 4.79 Å². The van der Waals surface area contributed by atoms with E-state index < -0.39 is 0 Å². The Balaban J connectivity index is 1.50. The summed E-state index contributed by atoms with van der Waals surface area (Å²) in [5.74, 6) is 0.679. The van der Waals surface area contributed by atoms with Gasteiger partial charge in [-0.05, 0) is 41.6 Å². The van der Waals surface area contributed by atoms with Crippen LogP contribution < -0.4 is 10.1 Å². The van der Waals surface area contributed by atoms with Gasteiger partial charge < -0.3 is 10.1 Å². The molecule has 0 atom stereocenters. The lowest BCUT2D eigenvalue weighted by Crippen LogP contribution is -2.26. The molecule has 1 N–H and O–H groups in total. The van der Waals surface area contributed by atoms with Crippen molar-refractivity contribution in [2.75, 3.05) is 13.2 Å². The number of hydrogen-bond acceptors (Lipinski definition) is 3. The molecule has 4 heteroatoms. The molecule has 0 aliphatic heterocycles. The van der Waals surface area contributed by atoms with E-state index in [4.69, 9.17) is 4.74 Å². The van der Waals surface area contributed by atoms with Gasteiger partial charge in [0.15, 0.2) is 0 Å². The van der Waals surface area contributed by atoms with Crippen molar-refractivity contribution in [2.45, 2.75) is 6.92 Å². The minimum atomic E-state index is -0.148. The number of pyridine rings is 1. The molecule has 1 aromatic heterocycles. The number of carbonyl (C=O) groups excluding carboxylic acids is 1. The zero-order valence-electron chi connectivity index (χ0n) is 14.1. The average Bonchev–Trinajstić information content (AvgIpc) is 2.64. The predicted molar refractivity (Wildman–Crippen MR) is 100 cm³/mol. The lowest BCUT2D eigenvalue weighted by Gasteiger charge is -2.09. The van der Waals surface area contributed by atoms with Gasteiger partial charge in [-0.25, -0.2) is 0 Å². The Bertz CT molecular complexity index is 898. The zero-order valence-corrected chi connectivity index (χ0v) is 14.1. The van der Waals surface area contributed by atoms with Gasteiger partial charge in [0.05, 0.1) is 6.54 Å². The van der Waals surface area contributed by atoms with Gasteiger partial charge in [-0.2, -0.15) is 0 Å². The van der Waals surface area contributed by atoms with Gasteiger partial charge in [0.2, 0.25) is 5.91 Å². The number of carbonyl (C=O) groups is 1. The highest BCUT2D eigenvalue weighted by Crippen LogP contribution is 2.24. The van der Waals surface area contributed by atoms with Gasteiger partial charge in [-0.3, -0.25) is 9.78 Å². The van der Waals surface area contributed by atoms with Crippen LogP contribution in [0.25, 0.3) is 16.8 Å². The maximum Gasteiger partial charge on any atom is 0.244 e. The number of rotatable bonds is 6. The van der Waals surface area contributed by atoms with Gasteiger partial charge in [-0.15, -0.1) is 0 Å². The van der Waals surface area contributed by atoms with Crippen LogP contribution in [-0.4, -0.2) is 24.0 Å². The first-order valence-corrected chi connectivity index (χ1v) is 8.21. The summed E-state index contributed by atoms with van der Waals surface area (Å²) in [6, 6.07) is 15.9. The molecule has 0 aliphatic carbocycles. The Labute approximate surface area is 147 Å². The van der Waals surface area contributed by atoms with Gasteiger partial charge in [-0.1, -0.05) is 36.4 Å². The fourth-order valence-corrected chi connectivity index (χ4v) is 2.53. The number of fused-ring (bicyclic) bond motifs is 1. The van der Waals surface area contributed by atoms with Crippen molar-refractivity contribution in [3.05, 3.63) is 78.1 Å². The minimum absolute atomic E-state index is 0.148. The number of amides is 1. The van der Waals surface area contributed by atoms with Crippen LogP contribution >= 0.6 is 0 Å². The third-order valence-electron chi connectivity index (χ3n) is 3.90. The Morgan fingerprint density at radius 2 is 2.00 bits per heavy atom. The first kappa shape index (κ1) is 16.7. The summed E-state index contributed by atoms with van der Waals surface area (Å²) in [7, 11) is 0. The fraction of sp³-hybridized carbons (Fsp3) is 0.143. The fourth-order valence-electron chi connectivity index (χ4n) is 2.53. The second-order valence-corrected chi connectivity index (χ2v) is 5.68. The summed E-state index contributed by atoms with van der Waals surface area (Å²) in [6.45, 7) is 2.84. The van der Waals surface area contributed by atoms with Gasteiger partial charge in [0, 0.05) is 23.9 Å². The summed E-state index contributed by atoms with van der Waals surface area (Å²) < 4.78 is 5.80. The molecule has 126 valence electrons. The van der Waals surface area contributed by atoms with E-state index in [1.165, 1.54) is 6.08 Å². The predicted octanol–water partition coefficient (Wildman–Crippen LogP) is 3.75. The van der Waals surface area contributed by atoms with Crippen LogP contribution in [0.5, 0.6) is 5.75 Å². The zero-order chi connectivity index (χ0) is 17.5. The highest BCUT2D eigenvalue weighted by Gasteiger charge is 2.01. The van der Waals surface area contributed by atoms with Gasteiger partial charge >= 0.3 is 0 Å². The van der Waals surface area contributed by atoms with E-state index in [2.05, 4.69) is 22.4 Å². The van der Waals surface area contributed by atoms with Crippen LogP contribution in [0, 0.1) is 6.92 Å². The van der Waals surface area contributed by atoms with E-state index >= 15 is 0 Å². The molecule has 0 spiro atoms. The van der Waals surface area contributed by atoms with Crippen molar-refractivity contribution in [1.82, 2.24) is 10.3 Å². The summed E-state index contributed by atoms with van der Waals surface area (Å²) in [6.07, 6.45) is 6.76. The van der Waals surface area contributed by atoms with Crippen LogP contribution in [0.2, 0.25) is 0 Å². The van der Waals surface area contributed by atoms with E-state index in [0.29, 0.717) is 13.2 Å². The topological polar surface area (TPSA) is 51.2 Å². The lowest BCUT2D eigenvalue weighted by molar-refractivity contribution is -0.116. The van der Waals surface area contributed by atoms with Crippen LogP contribution in [0.3, 0.4) is 0 Å². The molecule has 25 heavy (non-hydrogen) atoms. The minimum Gasteiger partial charge on any atom is -0.491 e. The Kier molecular flexibility index (Phi) is 5.42. The lowest BCUT2D eigenvalue weighted by atomic mass is 10.1. The molecule has 0 bridgehead atoms. The molecular weight excluding hydrogens is 312 g/mol. The number of aryl methyl sites for hydroxylation is 1. The summed E-state index contributed by atoms with van der Waals surface area (Å²) >= 11 is 0. The Morgan fingerprint density at radius 3 is 2.88 bits per heavy atom. The van der Waals surface area contributed by atoms with Crippen molar-refractivity contribution in [3.63, 3.8) is 0 Å². The third kappa shape index (κ3) is 4.44. The van der Waals surface area contributed by atoms with Gasteiger partial charge in [0.25, 0.3) is 0 Å². The van der Waals surface area contributed by atoms with Crippen molar-refractivity contribution < 1.29 is 9.53 Å². The molecule has 3 rings (SSSR count). The quantitative estimate of drug-likeness (QED) is 0.552. The van der Waals surface area contributed by atoms with Crippen molar-refractivity contribution >= 4 is 22.8 Å². The monoisotopic (exact) mass is 332 g/mol. The molecule has 0 saturated carbocycles. The maximum atomic E-state index is 11.9. The average molecular weight is 332 g/mol. The Hall–Kier alpha value is -3.14. The summed E-state index contributed by atoms with van der Waals surface area (Å²) in [5.41, 5.74) is 2.02. The molecule has 3 aromatic rings. The number of nitrogens with one attached hydrogen (secondary N) is 1. The van der Waals surface area contributed by atoms with E-state index in [0.717, 1.165) is 27.6 Å². The SMILES string of the molecule is Cc1ccncc1/C=C/C(=O)NCCOc1cccc2ccccc12. The molecular formula is C21H20N2O2. The molecule has 2 aromatic carbocycles. The first-order chi connectivity index (χ1) is 12.2. The van der Waals surface area contributed by atoms with Crippen molar-refractivity contribution in [2.24, 2.45) is 0 Å². The van der Waals surface area contributed by atoms with E-state index in [9.17, 15) is 4.79 Å². The molecule has 1 heterocycles. The summed E-state index contributed by atoms with van der Waals surface area (Å²) in [4.78, 5) is 15.9. The smallest absolute Gasteiger partial charge is 0.244 e. The largest absolute Gasteiger partial charge is 0.491 e. The molecule has 0 saturated heterocycles. The molecule has 0 aliphatic rings. The number of nitrogens with zero attached hydrogens (tertiary/aromatic N) is 1. The molecule has 4 nitrogen and oxygen atoms in total. The second kappa shape index (κ2) is 8.11. The number of ether oxygens (including phenoxy) is 1. The van der Waals surface area contributed by atoms with Gasteiger partial charge in [0.1, 0.15) is 12.4 Å². The first-order valence-electron chi connectivity index (χ1n) is 8.21. The van der Waals surface area contributed by atoms with Crippen LogP contribution in [0.4, 0.5) is 0 Å². The van der Waals surface area contributed by atoms with E-state index in [1.54, 1.807) is 18.5 Å². The third-order valence-corrected chi connectivity index (χ3v) is 3.90. The number of aromatic nitrogens is 1. The van der Waals surface area contributed by atoms with Crippen molar-refractivity contribution in [1.29, 1.82) is 0 Å². The molecule has 1 amide bonds. The second-order valence-electron chi connectivity index (χ2n) is 5.68. The standard InChI is InChI=1S/C21H20N2O2/c1-16-11-12-22-15-18(16)9-10-21(24)23-13-14-25-20-8-4-6-17-5-2-3-7-19(17)20/h2-12,15H,13-14H2,1H3,(H,23,24)/b10-9+.